The summed E-state index contributed by atoms with van der Waals surface area (Å²) in [5, 5.41) is 12.7. The lowest BCUT2D eigenvalue weighted by Crippen LogP contribution is -2.52. The molecule has 0 radical (unpaired) electrons. The molecule has 2 aliphatic rings. The number of nitrogens with zero attached hydrogens (tertiary/aromatic N) is 1. The molecule has 7 atom stereocenters. The van der Waals surface area contributed by atoms with Crippen molar-refractivity contribution in [3.63, 3.8) is 0 Å². The molecule has 0 aromatic rings. The number of rotatable bonds is 12. The van der Waals surface area contributed by atoms with E-state index in [1.165, 1.54) is 7.11 Å². The lowest BCUT2D eigenvalue weighted by Gasteiger charge is -2.39. The zero-order valence-corrected chi connectivity index (χ0v) is 19.4. The van der Waals surface area contributed by atoms with E-state index in [1.54, 1.807) is 11.9 Å². The molecule has 7 nitrogen and oxygen atoms in total. The van der Waals surface area contributed by atoms with Gasteiger partial charge in [0.15, 0.2) is 5.78 Å². The second-order valence-electron chi connectivity index (χ2n) is 9.63. The maximum absolute atomic E-state index is 13.5. The van der Waals surface area contributed by atoms with Crippen LogP contribution in [-0.2, 0) is 19.1 Å². The Morgan fingerprint density at radius 1 is 1.17 bits per heavy atom. The molecule has 0 spiro atoms. The number of likely N-dealkylation sites (N-methyl/N-ethyl adjacent to an activating group) is 1. The maximum atomic E-state index is 13.5. The lowest BCUT2D eigenvalue weighted by atomic mass is 9.83. The summed E-state index contributed by atoms with van der Waals surface area (Å²) < 4.78 is 5.50. The van der Waals surface area contributed by atoms with Gasteiger partial charge in [0.1, 0.15) is 0 Å². The van der Waals surface area contributed by atoms with E-state index in [1.807, 2.05) is 27.7 Å². The maximum Gasteiger partial charge on any atom is 0.306 e. The van der Waals surface area contributed by atoms with Crippen LogP contribution in [0.1, 0.15) is 66.2 Å². The molecule has 1 aliphatic heterocycles. The van der Waals surface area contributed by atoms with Gasteiger partial charge in [0.05, 0.1) is 24.6 Å². The zero-order valence-electron chi connectivity index (χ0n) is 19.4. The van der Waals surface area contributed by atoms with Crippen LogP contribution in [0.5, 0.6) is 0 Å². The van der Waals surface area contributed by atoms with Gasteiger partial charge in [-0.05, 0) is 37.0 Å². The van der Waals surface area contributed by atoms with Crippen molar-refractivity contribution in [1.82, 2.24) is 10.2 Å². The number of carboxylic acid groups (broad SMARTS) is 1. The normalized spacial score (nSPS) is 27.0. The summed E-state index contributed by atoms with van der Waals surface area (Å²) in [7, 11) is 3.22. The minimum absolute atomic E-state index is 0.0144. The third kappa shape index (κ3) is 5.61. The molecule has 0 aromatic carbocycles. The number of methoxy groups -OCH3 is 1. The van der Waals surface area contributed by atoms with Crippen molar-refractivity contribution in [2.45, 2.75) is 90.4 Å². The fourth-order valence-electron chi connectivity index (χ4n) is 5.33. The lowest BCUT2D eigenvalue weighted by molar-refractivity contribution is -0.149. The Morgan fingerprint density at radius 3 is 2.27 bits per heavy atom. The van der Waals surface area contributed by atoms with Gasteiger partial charge in [-0.15, -0.1) is 0 Å². The van der Waals surface area contributed by atoms with Gasteiger partial charge in [0.25, 0.3) is 0 Å². The molecular formula is C23H40N2O5. The number of aliphatic carboxylic acids is 1. The number of carboxylic acids is 1. The van der Waals surface area contributed by atoms with E-state index in [4.69, 9.17) is 4.74 Å². The molecule has 30 heavy (non-hydrogen) atoms. The molecule has 1 aliphatic carbocycles. The number of carbonyl (C=O) groups is 3. The number of piperidine rings is 1. The highest BCUT2D eigenvalue weighted by atomic mass is 16.5. The fraction of sp³-hybridized carbons (Fsp3) is 0.870. The third-order valence-corrected chi connectivity index (χ3v) is 7.33. The summed E-state index contributed by atoms with van der Waals surface area (Å²) in [5.74, 6) is -0.842. The topological polar surface area (TPSA) is 95.9 Å². The van der Waals surface area contributed by atoms with E-state index in [9.17, 15) is 19.5 Å². The summed E-state index contributed by atoms with van der Waals surface area (Å²) in [6.45, 7) is 7.98. The van der Waals surface area contributed by atoms with E-state index in [2.05, 4.69) is 5.32 Å². The molecule has 2 bridgehead atoms. The Labute approximate surface area is 180 Å². The van der Waals surface area contributed by atoms with Gasteiger partial charge in [-0.1, -0.05) is 34.1 Å². The predicted octanol–water partition coefficient (Wildman–Crippen LogP) is 2.72. The van der Waals surface area contributed by atoms with Crippen LogP contribution in [0, 0.1) is 23.7 Å². The van der Waals surface area contributed by atoms with E-state index >= 15 is 0 Å². The van der Waals surface area contributed by atoms with E-state index in [0.717, 1.165) is 25.7 Å². The summed E-state index contributed by atoms with van der Waals surface area (Å²) in [4.78, 5) is 39.5. The van der Waals surface area contributed by atoms with Crippen LogP contribution in [0.25, 0.3) is 0 Å². The number of hydrogen-bond acceptors (Lipinski definition) is 5. The molecule has 172 valence electrons. The van der Waals surface area contributed by atoms with Crippen molar-refractivity contribution in [1.29, 1.82) is 0 Å². The van der Waals surface area contributed by atoms with Gasteiger partial charge < -0.3 is 20.1 Å². The molecule has 2 N–H and O–H groups in total. The Morgan fingerprint density at radius 2 is 1.83 bits per heavy atom. The van der Waals surface area contributed by atoms with Crippen LogP contribution in [0.4, 0.5) is 0 Å². The number of hydrogen-bond donors (Lipinski definition) is 2. The van der Waals surface area contributed by atoms with Crippen molar-refractivity contribution in [3.8, 4) is 0 Å². The second-order valence-corrected chi connectivity index (χ2v) is 9.63. The molecule has 0 aromatic heterocycles. The van der Waals surface area contributed by atoms with Crippen molar-refractivity contribution in [3.05, 3.63) is 0 Å². The van der Waals surface area contributed by atoms with E-state index < -0.39 is 18.0 Å². The van der Waals surface area contributed by atoms with Crippen molar-refractivity contribution in [2.24, 2.45) is 23.7 Å². The number of amides is 1. The minimum Gasteiger partial charge on any atom is -0.481 e. The Hall–Kier alpha value is -1.47. The summed E-state index contributed by atoms with van der Waals surface area (Å²) in [6.07, 6.45) is 3.56. The highest BCUT2D eigenvalue weighted by Gasteiger charge is 2.44. The van der Waals surface area contributed by atoms with Crippen molar-refractivity contribution in [2.75, 3.05) is 14.2 Å². The first-order chi connectivity index (χ1) is 14.1. The summed E-state index contributed by atoms with van der Waals surface area (Å²) in [6, 6.07) is -0.0270. The highest BCUT2D eigenvalue weighted by Crippen LogP contribution is 2.37. The third-order valence-electron chi connectivity index (χ3n) is 7.33. The van der Waals surface area contributed by atoms with Gasteiger partial charge in [-0.3, -0.25) is 14.4 Å². The van der Waals surface area contributed by atoms with Gasteiger partial charge >= 0.3 is 5.97 Å². The van der Waals surface area contributed by atoms with Crippen molar-refractivity contribution < 1.29 is 24.2 Å². The molecular weight excluding hydrogens is 384 g/mol. The van der Waals surface area contributed by atoms with Crippen LogP contribution in [0.3, 0.4) is 0 Å². The zero-order chi connectivity index (χ0) is 22.6. The molecule has 1 amide bonds. The first-order valence-corrected chi connectivity index (χ1v) is 11.4. The second kappa shape index (κ2) is 10.7. The molecule has 2 fully saturated rings. The number of fused-ring (bicyclic) bond motifs is 2. The number of carbonyl (C=O) groups excluding carboxylic acids is 2. The molecule has 2 rings (SSSR count). The Bertz CT molecular complexity index is 623. The molecule has 1 unspecified atom stereocenters. The van der Waals surface area contributed by atoms with Crippen LogP contribution in [-0.4, -0.2) is 66.1 Å². The average molecular weight is 425 g/mol. The highest BCUT2D eigenvalue weighted by molar-refractivity contribution is 5.90. The van der Waals surface area contributed by atoms with Crippen LogP contribution in [0.2, 0.25) is 0 Å². The monoisotopic (exact) mass is 424 g/mol. The first kappa shape index (κ1) is 24.8. The van der Waals surface area contributed by atoms with Crippen LogP contribution in [0.15, 0.2) is 0 Å². The molecule has 1 saturated heterocycles. The summed E-state index contributed by atoms with van der Waals surface area (Å²) >= 11 is 0. The van der Waals surface area contributed by atoms with E-state index in [0.29, 0.717) is 12.0 Å². The quantitative estimate of drug-likeness (QED) is 0.500. The minimum atomic E-state index is -0.950. The summed E-state index contributed by atoms with van der Waals surface area (Å²) in [5.41, 5.74) is 0. The van der Waals surface area contributed by atoms with Gasteiger partial charge in [-0.25, -0.2) is 0 Å². The largest absolute Gasteiger partial charge is 0.481 e. The number of Topliss-reactive ketones (excluding diaryl/α,β-unsaturated/α-hetero) is 1. The number of ketones is 1. The first-order valence-electron chi connectivity index (χ1n) is 11.4. The molecule has 1 heterocycles. The van der Waals surface area contributed by atoms with Crippen molar-refractivity contribution >= 4 is 17.7 Å². The smallest absolute Gasteiger partial charge is 0.306 e. The van der Waals surface area contributed by atoms with Crippen LogP contribution < -0.4 is 5.32 Å². The Balaban J connectivity index is 2.16. The van der Waals surface area contributed by atoms with Gasteiger partial charge in [-0.2, -0.15) is 0 Å². The molecule has 7 heteroatoms. The predicted molar refractivity (Wildman–Crippen MR) is 115 cm³/mol. The number of ether oxygens (including phenoxy) is 1. The fourth-order valence-corrected chi connectivity index (χ4v) is 5.33. The standard InChI is InChI=1S/C23H40N2O5/c1-7-14(4)22(19(30-6)12-20(27)28)25(5)23(29)17(13(2)3)11-18(26)21-15-8-9-16(10-15)24-21/h13-17,19,21-22,24H,7-12H2,1-6H3,(H,27,28)/t14-,15-,16+,17?,19+,21-,22-/m0/s1. The van der Waals surface area contributed by atoms with Gasteiger partial charge in [0.2, 0.25) is 5.91 Å². The average Bonchev–Trinajstić information content (AvgIpc) is 3.33. The van der Waals surface area contributed by atoms with E-state index in [-0.39, 0.29) is 48.5 Å². The molecule has 1 saturated carbocycles. The van der Waals surface area contributed by atoms with Gasteiger partial charge in [0, 0.05) is 32.5 Å². The number of nitrogens with one attached hydrogen (secondary N) is 1. The SMILES string of the molecule is CC[C@H](C)[C@@H]([C@@H](CC(=O)O)OC)N(C)C(=O)C(CC(=O)[C@H]1N[C@@H]2CC[C@H]1C2)C(C)C. The van der Waals surface area contributed by atoms with Crippen LogP contribution >= 0.6 is 0 Å². The Kier molecular flexibility index (Phi) is 8.85.